The Morgan fingerprint density at radius 1 is 1.15 bits per heavy atom. The van der Waals surface area contributed by atoms with Gasteiger partial charge in [-0.2, -0.15) is 0 Å². The lowest BCUT2D eigenvalue weighted by molar-refractivity contribution is -0.105. The lowest BCUT2D eigenvalue weighted by Crippen LogP contribution is -2.15. The van der Waals surface area contributed by atoms with Crippen molar-refractivity contribution in [2.75, 3.05) is 5.32 Å². The van der Waals surface area contributed by atoms with E-state index in [1.165, 1.54) is 34.9 Å². The number of nitrogens with one attached hydrogen (secondary N) is 2. The second kappa shape index (κ2) is 6.37. The maximum Gasteiger partial charge on any atom is 0.332 e. The molecule has 1 amide bonds. The number of nitrogens with zero attached hydrogens (tertiary/aromatic N) is 3. The number of rotatable bonds is 4. The van der Waals surface area contributed by atoms with E-state index in [1.807, 2.05) is 0 Å². The number of carbonyl (C=O) groups is 1. The van der Waals surface area contributed by atoms with Crippen LogP contribution in [-0.2, 0) is 4.79 Å². The number of benzene rings is 2. The number of aromatic nitrogens is 4. The Bertz CT molecular complexity index is 1230. The molecular weight excluding hydrogens is 353 g/mol. The number of carbonyl (C=O) groups excluding carboxylic acids is 1. The first-order valence-electron chi connectivity index (χ1n) is 7.85. The number of hydrogen-bond donors (Lipinski definition) is 3. The molecule has 0 radical (unpaired) electrons. The molecule has 2 heterocycles. The third-order valence-electron chi connectivity index (χ3n) is 3.90. The second-order valence-electron chi connectivity index (χ2n) is 5.65. The van der Waals surface area contributed by atoms with Gasteiger partial charge >= 0.3 is 5.69 Å². The summed E-state index contributed by atoms with van der Waals surface area (Å²) in [5.74, 6) is -0.243. The molecule has 0 atom stereocenters. The number of amides is 1. The zero-order valence-electron chi connectivity index (χ0n) is 13.7. The van der Waals surface area contributed by atoms with Crippen LogP contribution in [0, 0.1) is 5.82 Å². The summed E-state index contributed by atoms with van der Waals surface area (Å²) >= 11 is 0. The molecule has 0 spiro atoms. The van der Waals surface area contributed by atoms with Crippen molar-refractivity contribution in [3.05, 3.63) is 64.8 Å². The highest BCUT2D eigenvalue weighted by Gasteiger charge is 2.17. The minimum absolute atomic E-state index is 0.0117. The first-order chi connectivity index (χ1) is 13.1. The molecule has 0 bridgehead atoms. The van der Waals surface area contributed by atoms with Gasteiger partial charge < -0.3 is 15.4 Å². The number of phenols is 1. The molecule has 0 aliphatic carbocycles. The standard InChI is InChI=1S/C18H12FN5O3/c19-11-4-2-5-12(8-11)24-17-14(21-18(24)27)16(20-9-25)22-15(23-17)10-3-1-6-13(26)7-10/h1-9,26H,(H,21,27)(H,20,22,23,25). The molecular formula is C18H12FN5O3. The van der Waals surface area contributed by atoms with Crippen molar-refractivity contribution in [3.8, 4) is 22.8 Å². The summed E-state index contributed by atoms with van der Waals surface area (Å²) in [5.41, 5.74) is 0.532. The molecule has 2 aromatic heterocycles. The van der Waals surface area contributed by atoms with Crippen LogP contribution in [0.15, 0.2) is 53.3 Å². The van der Waals surface area contributed by atoms with Gasteiger partial charge in [-0.1, -0.05) is 18.2 Å². The van der Waals surface area contributed by atoms with E-state index < -0.39 is 11.5 Å². The van der Waals surface area contributed by atoms with E-state index in [4.69, 9.17) is 0 Å². The molecule has 0 unspecified atom stereocenters. The van der Waals surface area contributed by atoms with Crippen LogP contribution in [0.2, 0.25) is 0 Å². The normalized spacial score (nSPS) is 10.9. The van der Waals surface area contributed by atoms with Gasteiger partial charge in [-0.05, 0) is 30.3 Å². The number of halogens is 1. The number of phenolic OH excluding ortho intramolecular Hbond substituents is 1. The Morgan fingerprint density at radius 2 is 1.96 bits per heavy atom. The highest BCUT2D eigenvalue weighted by molar-refractivity contribution is 5.90. The van der Waals surface area contributed by atoms with E-state index in [1.54, 1.807) is 18.2 Å². The molecule has 0 aliphatic heterocycles. The number of aromatic hydroxyl groups is 1. The fraction of sp³-hybridized carbons (Fsp3) is 0. The van der Waals surface area contributed by atoms with Crippen molar-refractivity contribution < 1.29 is 14.3 Å². The number of aromatic amines is 1. The summed E-state index contributed by atoms with van der Waals surface area (Å²) in [5, 5.41) is 12.1. The average molecular weight is 365 g/mol. The first kappa shape index (κ1) is 16.5. The highest BCUT2D eigenvalue weighted by atomic mass is 19.1. The maximum absolute atomic E-state index is 13.6. The number of anilines is 1. The molecule has 2 aromatic carbocycles. The fourth-order valence-corrected chi connectivity index (χ4v) is 2.77. The van der Waals surface area contributed by atoms with E-state index in [0.717, 1.165) is 0 Å². The van der Waals surface area contributed by atoms with E-state index >= 15 is 0 Å². The molecule has 8 nitrogen and oxygen atoms in total. The first-order valence-corrected chi connectivity index (χ1v) is 7.85. The third-order valence-corrected chi connectivity index (χ3v) is 3.90. The Balaban J connectivity index is 2.04. The van der Waals surface area contributed by atoms with Crippen molar-refractivity contribution in [1.29, 1.82) is 0 Å². The summed E-state index contributed by atoms with van der Waals surface area (Å²) in [6, 6.07) is 11.7. The lowest BCUT2D eigenvalue weighted by atomic mass is 10.2. The lowest BCUT2D eigenvalue weighted by Gasteiger charge is -2.07. The number of fused-ring (bicyclic) bond motifs is 1. The predicted molar refractivity (Wildman–Crippen MR) is 96.2 cm³/mol. The minimum atomic E-state index is -0.563. The zero-order valence-corrected chi connectivity index (χ0v) is 13.7. The Hall–Kier alpha value is -4.01. The van der Waals surface area contributed by atoms with E-state index in [0.29, 0.717) is 12.0 Å². The second-order valence-corrected chi connectivity index (χ2v) is 5.65. The van der Waals surface area contributed by atoms with Crippen LogP contribution in [0.1, 0.15) is 0 Å². The van der Waals surface area contributed by atoms with Crippen molar-refractivity contribution in [2.24, 2.45) is 0 Å². The van der Waals surface area contributed by atoms with Crippen LogP contribution >= 0.6 is 0 Å². The molecule has 3 N–H and O–H groups in total. The molecule has 0 aliphatic rings. The summed E-state index contributed by atoms with van der Waals surface area (Å²) in [4.78, 5) is 34.6. The van der Waals surface area contributed by atoms with E-state index in [9.17, 15) is 19.1 Å². The predicted octanol–water partition coefficient (Wildman–Crippen LogP) is 2.19. The van der Waals surface area contributed by atoms with Crippen molar-refractivity contribution in [2.45, 2.75) is 0 Å². The van der Waals surface area contributed by atoms with Gasteiger partial charge in [0.15, 0.2) is 17.3 Å². The molecule has 9 heteroatoms. The summed E-state index contributed by atoms with van der Waals surface area (Å²) < 4.78 is 14.8. The Labute approximate surface area is 151 Å². The van der Waals surface area contributed by atoms with Gasteiger partial charge in [-0.3, -0.25) is 4.79 Å². The van der Waals surface area contributed by atoms with Crippen LogP contribution in [0.3, 0.4) is 0 Å². The Kier molecular flexibility index (Phi) is 3.88. The Morgan fingerprint density at radius 3 is 2.70 bits per heavy atom. The van der Waals surface area contributed by atoms with Crippen LogP contribution in [0.4, 0.5) is 10.2 Å². The van der Waals surface area contributed by atoms with Crippen LogP contribution in [0.25, 0.3) is 28.2 Å². The third kappa shape index (κ3) is 2.91. The van der Waals surface area contributed by atoms with Gasteiger partial charge in [0.2, 0.25) is 6.41 Å². The highest BCUT2D eigenvalue weighted by Crippen LogP contribution is 2.26. The van der Waals surface area contributed by atoms with Crippen LogP contribution in [0.5, 0.6) is 5.75 Å². The number of H-pyrrole nitrogens is 1. The minimum Gasteiger partial charge on any atom is -0.508 e. The van der Waals surface area contributed by atoms with Crippen molar-refractivity contribution in [1.82, 2.24) is 19.5 Å². The fourth-order valence-electron chi connectivity index (χ4n) is 2.77. The van der Waals surface area contributed by atoms with Gasteiger partial charge in [-0.15, -0.1) is 0 Å². The van der Waals surface area contributed by atoms with Gasteiger partial charge in [0.05, 0.1) is 5.69 Å². The smallest absolute Gasteiger partial charge is 0.332 e. The summed E-state index contributed by atoms with van der Waals surface area (Å²) in [6.07, 6.45) is 0.422. The zero-order chi connectivity index (χ0) is 19.0. The number of hydrogen-bond acceptors (Lipinski definition) is 5. The van der Waals surface area contributed by atoms with Crippen LogP contribution in [-0.4, -0.2) is 31.0 Å². The van der Waals surface area contributed by atoms with E-state index in [-0.39, 0.29) is 34.2 Å². The van der Waals surface area contributed by atoms with Gasteiger partial charge in [-0.25, -0.2) is 23.7 Å². The van der Waals surface area contributed by atoms with Gasteiger partial charge in [0.25, 0.3) is 0 Å². The maximum atomic E-state index is 13.6. The van der Waals surface area contributed by atoms with Crippen molar-refractivity contribution in [3.63, 3.8) is 0 Å². The topological polar surface area (TPSA) is 113 Å². The quantitative estimate of drug-likeness (QED) is 0.480. The summed E-state index contributed by atoms with van der Waals surface area (Å²) in [6.45, 7) is 0. The molecule has 27 heavy (non-hydrogen) atoms. The molecule has 4 aromatic rings. The molecule has 0 saturated heterocycles. The van der Waals surface area contributed by atoms with Gasteiger partial charge in [0.1, 0.15) is 17.1 Å². The molecule has 0 fully saturated rings. The summed E-state index contributed by atoms with van der Waals surface area (Å²) in [7, 11) is 0. The van der Waals surface area contributed by atoms with Crippen LogP contribution < -0.4 is 11.0 Å². The largest absolute Gasteiger partial charge is 0.508 e. The van der Waals surface area contributed by atoms with Gasteiger partial charge in [0, 0.05) is 5.56 Å². The number of imidazole rings is 1. The molecule has 134 valence electrons. The molecule has 0 saturated carbocycles. The average Bonchev–Trinajstić information content (AvgIpc) is 2.98. The monoisotopic (exact) mass is 365 g/mol. The van der Waals surface area contributed by atoms with Crippen molar-refractivity contribution >= 4 is 23.4 Å². The van der Waals surface area contributed by atoms with E-state index in [2.05, 4.69) is 20.3 Å². The SMILES string of the molecule is O=CNc1nc(-c2cccc(O)c2)nc2c1[nH]c(=O)n2-c1cccc(F)c1. The molecule has 4 rings (SSSR count).